The van der Waals surface area contributed by atoms with Crippen LogP contribution < -0.4 is 10.9 Å². The van der Waals surface area contributed by atoms with Crippen molar-refractivity contribution in [3.05, 3.63) is 69.5 Å². The first-order valence-corrected chi connectivity index (χ1v) is 9.16. The molecule has 0 bridgehead atoms. The van der Waals surface area contributed by atoms with Crippen LogP contribution in [0.1, 0.15) is 41.5 Å². The fraction of sp³-hybridized carbons (Fsp3) is 0.286. The van der Waals surface area contributed by atoms with Gasteiger partial charge >= 0.3 is 0 Å². The summed E-state index contributed by atoms with van der Waals surface area (Å²) in [7, 11) is 1.61. The number of nitrogens with one attached hydrogen (secondary N) is 1. The summed E-state index contributed by atoms with van der Waals surface area (Å²) >= 11 is 0. The van der Waals surface area contributed by atoms with E-state index >= 15 is 0 Å². The van der Waals surface area contributed by atoms with E-state index in [0.29, 0.717) is 23.3 Å². The predicted molar refractivity (Wildman–Crippen MR) is 105 cm³/mol. The summed E-state index contributed by atoms with van der Waals surface area (Å²) in [5, 5.41) is 13.3. The van der Waals surface area contributed by atoms with Crippen LogP contribution in [0.15, 0.2) is 41.2 Å². The first kappa shape index (κ1) is 19.5. The third-order valence-corrected chi connectivity index (χ3v) is 4.68. The molecule has 2 aromatic carbocycles. The molecule has 3 rings (SSSR count). The van der Waals surface area contributed by atoms with Crippen LogP contribution in [-0.4, -0.2) is 20.6 Å². The Labute approximate surface area is 161 Å². The second kappa shape index (κ2) is 8.21. The molecule has 0 saturated carbocycles. The fourth-order valence-electron chi connectivity index (χ4n) is 3.01. The third kappa shape index (κ3) is 3.88. The Balaban J connectivity index is 1.90. The van der Waals surface area contributed by atoms with Gasteiger partial charge in [0.25, 0.3) is 11.5 Å². The predicted octanol–water partition coefficient (Wildman–Crippen LogP) is 3.05. The molecule has 7 heteroatoms. The van der Waals surface area contributed by atoms with Gasteiger partial charge in [0.15, 0.2) is 0 Å². The summed E-state index contributed by atoms with van der Waals surface area (Å²) in [6.45, 7) is 2.23. The number of benzene rings is 2. The number of aryl methyl sites for hydroxylation is 1. The highest BCUT2D eigenvalue weighted by molar-refractivity contribution is 6.02. The fourth-order valence-corrected chi connectivity index (χ4v) is 3.01. The number of fused-ring (bicyclic) bond motifs is 1. The molecule has 6 nitrogen and oxygen atoms in total. The van der Waals surface area contributed by atoms with Crippen LogP contribution >= 0.6 is 0 Å². The summed E-state index contributed by atoms with van der Waals surface area (Å²) in [5.41, 5.74) is 0.687. The molecular formula is C21H22FN3O3. The summed E-state index contributed by atoms with van der Waals surface area (Å²) < 4.78 is 14.4. The lowest BCUT2D eigenvalue weighted by molar-refractivity contribution is 0.0948. The average molecular weight is 383 g/mol. The molecule has 3 aromatic rings. The number of halogens is 1. The zero-order valence-electron chi connectivity index (χ0n) is 15.8. The zero-order valence-corrected chi connectivity index (χ0v) is 15.8. The molecule has 1 heterocycles. The molecule has 0 aliphatic carbocycles. The number of hydrogen-bond donors (Lipinski definition) is 2. The summed E-state index contributed by atoms with van der Waals surface area (Å²) in [6.07, 6.45) is 2.55. The summed E-state index contributed by atoms with van der Waals surface area (Å²) in [5.74, 6) is -0.624. The van der Waals surface area contributed by atoms with Crippen molar-refractivity contribution in [2.75, 3.05) is 0 Å². The first-order chi connectivity index (χ1) is 13.4. The normalized spacial score (nSPS) is 11.0. The van der Waals surface area contributed by atoms with E-state index in [2.05, 4.69) is 17.2 Å². The van der Waals surface area contributed by atoms with Crippen LogP contribution in [-0.2, 0) is 20.0 Å². The van der Waals surface area contributed by atoms with Crippen molar-refractivity contribution in [3.8, 4) is 5.75 Å². The van der Waals surface area contributed by atoms with Crippen molar-refractivity contribution in [1.82, 2.24) is 14.9 Å². The van der Waals surface area contributed by atoms with Crippen LogP contribution in [0.2, 0.25) is 0 Å². The van der Waals surface area contributed by atoms with Crippen molar-refractivity contribution < 1.29 is 14.3 Å². The topological polar surface area (TPSA) is 84.2 Å². The molecule has 1 amide bonds. The van der Waals surface area contributed by atoms with E-state index in [1.54, 1.807) is 25.2 Å². The smallest absolute Gasteiger partial charge is 0.264 e. The van der Waals surface area contributed by atoms with Gasteiger partial charge in [0.05, 0.1) is 11.1 Å². The standard InChI is InChI=1S/C21H22FN3O3/c1-3-4-5-17-24-16-11-10-15(19(26)18(16)21(28)25(17)2)20(27)23-12-13-6-8-14(22)9-7-13/h6-11,26H,3-5,12H2,1-2H3,(H,23,27). The lowest BCUT2D eigenvalue weighted by atomic mass is 10.1. The Hall–Kier alpha value is -3.22. The third-order valence-electron chi connectivity index (χ3n) is 4.68. The van der Waals surface area contributed by atoms with Crippen molar-refractivity contribution in [2.24, 2.45) is 7.05 Å². The zero-order chi connectivity index (χ0) is 20.3. The first-order valence-electron chi connectivity index (χ1n) is 9.16. The Kier molecular flexibility index (Phi) is 5.73. The quantitative estimate of drug-likeness (QED) is 0.685. The molecule has 0 unspecified atom stereocenters. The van der Waals surface area contributed by atoms with E-state index in [1.165, 1.54) is 22.8 Å². The van der Waals surface area contributed by atoms with E-state index in [9.17, 15) is 19.1 Å². The molecule has 2 N–H and O–H groups in total. The van der Waals surface area contributed by atoms with Gasteiger partial charge in [0.2, 0.25) is 0 Å². The number of phenols is 1. The molecule has 0 aliphatic rings. The number of rotatable bonds is 6. The molecular weight excluding hydrogens is 361 g/mol. The molecule has 28 heavy (non-hydrogen) atoms. The highest BCUT2D eigenvalue weighted by atomic mass is 19.1. The lowest BCUT2D eigenvalue weighted by Crippen LogP contribution is -2.25. The number of nitrogens with zero attached hydrogens (tertiary/aromatic N) is 2. The van der Waals surface area contributed by atoms with Gasteiger partial charge in [-0.1, -0.05) is 25.5 Å². The number of unbranched alkanes of at least 4 members (excludes halogenated alkanes) is 1. The monoisotopic (exact) mass is 383 g/mol. The Morgan fingerprint density at radius 3 is 2.61 bits per heavy atom. The van der Waals surface area contributed by atoms with Gasteiger partial charge < -0.3 is 10.4 Å². The lowest BCUT2D eigenvalue weighted by Gasteiger charge is -2.12. The van der Waals surface area contributed by atoms with Crippen LogP contribution in [0.3, 0.4) is 0 Å². The van der Waals surface area contributed by atoms with Gasteiger partial charge in [-0.15, -0.1) is 0 Å². The van der Waals surface area contributed by atoms with Crippen LogP contribution in [0, 0.1) is 5.82 Å². The van der Waals surface area contributed by atoms with Gasteiger partial charge in [-0.05, 0) is 36.2 Å². The minimum absolute atomic E-state index is 0.00480. The van der Waals surface area contributed by atoms with Crippen LogP contribution in [0.4, 0.5) is 4.39 Å². The van der Waals surface area contributed by atoms with E-state index in [-0.39, 0.29) is 34.6 Å². The van der Waals surface area contributed by atoms with E-state index < -0.39 is 5.91 Å². The number of amides is 1. The molecule has 146 valence electrons. The van der Waals surface area contributed by atoms with Crippen molar-refractivity contribution in [1.29, 1.82) is 0 Å². The second-order valence-corrected chi connectivity index (χ2v) is 6.66. The number of phenolic OH excluding ortho intramolecular Hbond substituents is 1. The molecule has 0 fully saturated rings. The molecule has 0 radical (unpaired) electrons. The Morgan fingerprint density at radius 2 is 1.93 bits per heavy atom. The van der Waals surface area contributed by atoms with E-state index in [0.717, 1.165) is 12.8 Å². The number of carbonyl (C=O) groups excluding carboxylic acids is 1. The van der Waals surface area contributed by atoms with Gasteiger partial charge in [0, 0.05) is 20.0 Å². The largest absolute Gasteiger partial charge is 0.506 e. The Bertz CT molecular complexity index is 1070. The van der Waals surface area contributed by atoms with Crippen LogP contribution in [0.5, 0.6) is 5.75 Å². The maximum Gasteiger partial charge on any atom is 0.264 e. The maximum absolute atomic E-state index is 13.0. The molecule has 0 spiro atoms. The van der Waals surface area contributed by atoms with Gasteiger partial charge in [-0.25, -0.2) is 9.37 Å². The highest BCUT2D eigenvalue weighted by Crippen LogP contribution is 2.25. The maximum atomic E-state index is 13.0. The van der Waals surface area contributed by atoms with Gasteiger partial charge in [-0.3, -0.25) is 14.2 Å². The van der Waals surface area contributed by atoms with Crippen molar-refractivity contribution in [2.45, 2.75) is 32.7 Å². The van der Waals surface area contributed by atoms with Crippen molar-refractivity contribution >= 4 is 16.8 Å². The number of aromatic nitrogens is 2. The van der Waals surface area contributed by atoms with E-state index in [1.807, 2.05) is 0 Å². The minimum atomic E-state index is -0.527. The van der Waals surface area contributed by atoms with Gasteiger partial charge in [-0.2, -0.15) is 0 Å². The van der Waals surface area contributed by atoms with Crippen molar-refractivity contribution in [3.63, 3.8) is 0 Å². The number of carbonyl (C=O) groups is 1. The minimum Gasteiger partial charge on any atom is -0.506 e. The summed E-state index contributed by atoms with van der Waals surface area (Å²) in [6, 6.07) is 8.76. The SMILES string of the molecule is CCCCc1nc2ccc(C(=O)NCc3ccc(F)cc3)c(O)c2c(=O)n1C. The average Bonchev–Trinajstić information content (AvgIpc) is 2.69. The Morgan fingerprint density at radius 1 is 1.21 bits per heavy atom. The number of hydrogen-bond acceptors (Lipinski definition) is 4. The van der Waals surface area contributed by atoms with Gasteiger partial charge in [0.1, 0.15) is 22.8 Å². The molecule has 0 saturated heterocycles. The van der Waals surface area contributed by atoms with E-state index in [4.69, 9.17) is 0 Å². The highest BCUT2D eigenvalue weighted by Gasteiger charge is 2.18. The second-order valence-electron chi connectivity index (χ2n) is 6.66. The summed E-state index contributed by atoms with van der Waals surface area (Å²) in [4.78, 5) is 29.7. The molecule has 0 aliphatic heterocycles. The number of aromatic hydroxyl groups is 1. The molecule has 1 aromatic heterocycles. The van der Waals surface area contributed by atoms with Crippen LogP contribution in [0.25, 0.3) is 10.9 Å². The molecule has 0 atom stereocenters.